The SMILES string of the molecule is CC(C)(C)c1csc(Nc2cccc3ccccc23)n1. The Labute approximate surface area is 123 Å². The second-order valence-corrected chi connectivity index (χ2v) is 6.80. The van der Waals surface area contributed by atoms with Gasteiger partial charge in [0, 0.05) is 21.9 Å². The molecule has 0 atom stereocenters. The Morgan fingerprint density at radius 1 is 1.00 bits per heavy atom. The van der Waals surface area contributed by atoms with Crippen molar-refractivity contribution in [1.29, 1.82) is 0 Å². The van der Waals surface area contributed by atoms with Crippen LogP contribution in [0.15, 0.2) is 47.8 Å². The van der Waals surface area contributed by atoms with E-state index in [0.29, 0.717) is 0 Å². The average Bonchev–Trinajstić information content (AvgIpc) is 2.88. The molecule has 0 radical (unpaired) electrons. The number of hydrogen-bond donors (Lipinski definition) is 1. The lowest BCUT2D eigenvalue weighted by molar-refractivity contribution is 0.573. The van der Waals surface area contributed by atoms with E-state index in [4.69, 9.17) is 4.98 Å². The van der Waals surface area contributed by atoms with Gasteiger partial charge >= 0.3 is 0 Å². The van der Waals surface area contributed by atoms with Crippen LogP contribution in [0.5, 0.6) is 0 Å². The molecule has 1 heterocycles. The molecule has 0 saturated carbocycles. The van der Waals surface area contributed by atoms with Crippen LogP contribution in [0.25, 0.3) is 10.8 Å². The zero-order chi connectivity index (χ0) is 14.2. The molecule has 0 aliphatic rings. The van der Waals surface area contributed by atoms with E-state index in [0.717, 1.165) is 16.5 Å². The molecule has 20 heavy (non-hydrogen) atoms. The second kappa shape index (κ2) is 4.91. The first-order chi connectivity index (χ1) is 9.54. The molecule has 0 unspecified atom stereocenters. The summed E-state index contributed by atoms with van der Waals surface area (Å²) in [5.74, 6) is 0. The third-order valence-corrected chi connectivity index (χ3v) is 4.06. The predicted octanol–water partition coefficient (Wildman–Crippen LogP) is 5.34. The molecule has 3 aromatic rings. The maximum absolute atomic E-state index is 4.69. The summed E-state index contributed by atoms with van der Waals surface area (Å²) in [5, 5.41) is 8.99. The van der Waals surface area contributed by atoms with Crippen molar-refractivity contribution < 1.29 is 0 Å². The quantitative estimate of drug-likeness (QED) is 0.686. The second-order valence-electron chi connectivity index (χ2n) is 5.94. The van der Waals surface area contributed by atoms with Gasteiger partial charge in [-0.1, -0.05) is 57.2 Å². The van der Waals surface area contributed by atoms with Gasteiger partial charge < -0.3 is 5.32 Å². The highest BCUT2D eigenvalue weighted by atomic mass is 32.1. The maximum atomic E-state index is 4.69. The molecule has 0 saturated heterocycles. The highest BCUT2D eigenvalue weighted by Crippen LogP contribution is 2.30. The van der Waals surface area contributed by atoms with E-state index >= 15 is 0 Å². The van der Waals surface area contributed by atoms with Crippen LogP contribution in [0.3, 0.4) is 0 Å². The molecule has 2 nitrogen and oxygen atoms in total. The molecule has 1 N–H and O–H groups in total. The fourth-order valence-electron chi connectivity index (χ4n) is 2.13. The van der Waals surface area contributed by atoms with Crippen LogP contribution in [0, 0.1) is 0 Å². The van der Waals surface area contributed by atoms with Crippen molar-refractivity contribution >= 4 is 32.9 Å². The van der Waals surface area contributed by atoms with E-state index in [2.05, 4.69) is 73.9 Å². The van der Waals surface area contributed by atoms with Crippen LogP contribution in [0.1, 0.15) is 26.5 Å². The molecule has 0 spiro atoms. The minimum absolute atomic E-state index is 0.0924. The van der Waals surface area contributed by atoms with Crippen LogP contribution in [0.2, 0.25) is 0 Å². The molecule has 0 fully saturated rings. The number of aromatic nitrogens is 1. The number of nitrogens with one attached hydrogen (secondary N) is 1. The number of hydrogen-bond acceptors (Lipinski definition) is 3. The third-order valence-electron chi connectivity index (χ3n) is 3.30. The molecule has 0 bridgehead atoms. The summed E-state index contributed by atoms with van der Waals surface area (Å²) in [7, 11) is 0. The first kappa shape index (κ1) is 13.1. The van der Waals surface area contributed by atoms with Crippen molar-refractivity contribution in [2.45, 2.75) is 26.2 Å². The number of anilines is 2. The number of fused-ring (bicyclic) bond motifs is 1. The Balaban J connectivity index is 1.96. The minimum Gasteiger partial charge on any atom is -0.331 e. The number of thiazole rings is 1. The monoisotopic (exact) mass is 282 g/mol. The largest absolute Gasteiger partial charge is 0.331 e. The Morgan fingerprint density at radius 3 is 2.50 bits per heavy atom. The predicted molar refractivity (Wildman–Crippen MR) is 88.0 cm³/mol. The van der Waals surface area contributed by atoms with Crippen LogP contribution in [-0.2, 0) is 5.41 Å². The Morgan fingerprint density at radius 2 is 1.75 bits per heavy atom. The average molecular weight is 282 g/mol. The summed E-state index contributed by atoms with van der Waals surface area (Å²) in [6, 6.07) is 14.7. The van der Waals surface area contributed by atoms with Gasteiger partial charge in [-0.15, -0.1) is 11.3 Å². The van der Waals surface area contributed by atoms with Gasteiger partial charge in [0.05, 0.1) is 5.69 Å². The molecule has 3 heteroatoms. The lowest BCUT2D eigenvalue weighted by Gasteiger charge is -2.14. The summed E-state index contributed by atoms with van der Waals surface area (Å²) in [6.45, 7) is 6.55. The van der Waals surface area contributed by atoms with Crippen LogP contribution in [0.4, 0.5) is 10.8 Å². The highest BCUT2D eigenvalue weighted by Gasteiger charge is 2.17. The molecule has 102 valence electrons. The Hall–Kier alpha value is -1.87. The van der Waals surface area contributed by atoms with Crippen molar-refractivity contribution in [3.05, 3.63) is 53.5 Å². The van der Waals surface area contributed by atoms with Crippen LogP contribution < -0.4 is 5.32 Å². The van der Waals surface area contributed by atoms with E-state index in [1.54, 1.807) is 11.3 Å². The molecule has 2 aromatic carbocycles. The van der Waals surface area contributed by atoms with Gasteiger partial charge in [0.2, 0.25) is 0 Å². The molecule has 1 aromatic heterocycles. The van der Waals surface area contributed by atoms with Crippen molar-refractivity contribution in [2.24, 2.45) is 0 Å². The highest BCUT2D eigenvalue weighted by molar-refractivity contribution is 7.13. The fraction of sp³-hybridized carbons (Fsp3) is 0.235. The third kappa shape index (κ3) is 2.54. The fourth-order valence-corrected chi connectivity index (χ4v) is 3.07. The van der Waals surface area contributed by atoms with Gasteiger partial charge in [-0.05, 0) is 11.5 Å². The summed E-state index contributed by atoms with van der Waals surface area (Å²) in [6.07, 6.45) is 0. The van der Waals surface area contributed by atoms with Gasteiger partial charge in [-0.2, -0.15) is 0 Å². The van der Waals surface area contributed by atoms with E-state index in [1.165, 1.54) is 10.8 Å². The summed E-state index contributed by atoms with van der Waals surface area (Å²) < 4.78 is 0. The van der Waals surface area contributed by atoms with Gasteiger partial charge in [-0.25, -0.2) is 4.98 Å². The smallest absolute Gasteiger partial charge is 0.187 e. The van der Waals surface area contributed by atoms with Crippen LogP contribution in [-0.4, -0.2) is 4.98 Å². The molecular formula is C17H18N2S. The van der Waals surface area contributed by atoms with Gasteiger partial charge in [0.1, 0.15) is 0 Å². The van der Waals surface area contributed by atoms with Gasteiger partial charge in [-0.3, -0.25) is 0 Å². The lowest BCUT2D eigenvalue weighted by atomic mass is 9.93. The maximum Gasteiger partial charge on any atom is 0.187 e. The topological polar surface area (TPSA) is 24.9 Å². The van der Waals surface area contributed by atoms with Gasteiger partial charge in [0.15, 0.2) is 5.13 Å². The molecule has 0 aliphatic carbocycles. The standard InChI is InChI=1S/C17H18N2S/c1-17(2,3)15-11-20-16(19-15)18-14-10-6-8-12-7-4-5-9-13(12)14/h4-11H,1-3H3,(H,18,19). The Bertz CT molecular complexity index is 733. The van der Waals surface area contributed by atoms with E-state index in [9.17, 15) is 0 Å². The minimum atomic E-state index is 0.0924. The van der Waals surface area contributed by atoms with E-state index in [1.807, 2.05) is 0 Å². The van der Waals surface area contributed by atoms with Crippen molar-refractivity contribution in [2.75, 3.05) is 5.32 Å². The molecular weight excluding hydrogens is 264 g/mol. The van der Waals surface area contributed by atoms with Crippen LogP contribution >= 0.6 is 11.3 Å². The normalized spacial score (nSPS) is 11.8. The molecule has 3 rings (SSSR count). The van der Waals surface area contributed by atoms with E-state index in [-0.39, 0.29) is 5.41 Å². The lowest BCUT2D eigenvalue weighted by Crippen LogP contribution is -2.11. The zero-order valence-electron chi connectivity index (χ0n) is 12.0. The first-order valence-electron chi connectivity index (χ1n) is 6.75. The van der Waals surface area contributed by atoms with Gasteiger partial charge in [0.25, 0.3) is 0 Å². The number of rotatable bonds is 2. The van der Waals surface area contributed by atoms with Crippen molar-refractivity contribution in [1.82, 2.24) is 4.98 Å². The molecule has 0 aliphatic heterocycles. The number of nitrogens with zero attached hydrogens (tertiary/aromatic N) is 1. The van der Waals surface area contributed by atoms with Crippen molar-refractivity contribution in [3.8, 4) is 0 Å². The summed E-state index contributed by atoms with van der Waals surface area (Å²) in [5.41, 5.74) is 2.33. The first-order valence-corrected chi connectivity index (χ1v) is 7.63. The summed E-state index contributed by atoms with van der Waals surface area (Å²) in [4.78, 5) is 4.69. The number of benzene rings is 2. The van der Waals surface area contributed by atoms with Crippen molar-refractivity contribution in [3.63, 3.8) is 0 Å². The molecule has 0 amide bonds. The van der Waals surface area contributed by atoms with E-state index < -0.39 is 0 Å². The Kier molecular flexibility index (Phi) is 3.22. The summed E-state index contributed by atoms with van der Waals surface area (Å²) >= 11 is 1.66. The zero-order valence-corrected chi connectivity index (χ0v) is 12.8.